The summed E-state index contributed by atoms with van der Waals surface area (Å²) in [5.41, 5.74) is 0.817. The van der Waals surface area contributed by atoms with Crippen molar-refractivity contribution in [3.8, 4) is 0 Å². The van der Waals surface area contributed by atoms with E-state index in [1.165, 1.54) is 18.6 Å². The maximum absolute atomic E-state index is 11.8. The number of nitro groups is 1. The van der Waals surface area contributed by atoms with Crippen LogP contribution in [0.25, 0.3) is 0 Å². The maximum Gasteiger partial charge on any atom is 0.309 e. The number of benzene rings is 1. The highest BCUT2D eigenvalue weighted by atomic mass is 16.6. The third-order valence-corrected chi connectivity index (χ3v) is 3.47. The minimum atomic E-state index is -0.447. The molecule has 1 fully saturated rings. The van der Waals surface area contributed by atoms with Gasteiger partial charge in [0, 0.05) is 12.1 Å². The highest BCUT2D eigenvalue weighted by Crippen LogP contribution is 2.25. The molecule has 0 amide bonds. The predicted molar refractivity (Wildman–Crippen MR) is 69.5 cm³/mol. The first-order chi connectivity index (χ1) is 9.16. The van der Waals surface area contributed by atoms with E-state index in [1.807, 2.05) is 0 Å². The van der Waals surface area contributed by atoms with Crippen molar-refractivity contribution in [1.82, 2.24) is 0 Å². The lowest BCUT2D eigenvalue weighted by Gasteiger charge is -2.19. The Hall–Kier alpha value is -1.91. The molecule has 1 aromatic carbocycles. The molecule has 0 bridgehead atoms. The smallest absolute Gasteiger partial charge is 0.309 e. The van der Waals surface area contributed by atoms with Gasteiger partial charge in [0.15, 0.2) is 0 Å². The molecule has 1 aliphatic carbocycles. The number of esters is 1. The van der Waals surface area contributed by atoms with Gasteiger partial charge < -0.3 is 4.74 Å². The molecule has 5 heteroatoms. The molecule has 1 aliphatic rings. The number of rotatable bonds is 4. The first kappa shape index (κ1) is 13.5. The second kappa shape index (κ2) is 6.31. The molecular weight excluding hydrogens is 246 g/mol. The monoisotopic (exact) mass is 263 g/mol. The molecule has 0 N–H and O–H groups in total. The first-order valence-electron chi connectivity index (χ1n) is 6.57. The van der Waals surface area contributed by atoms with Gasteiger partial charge in [-0.25, -0.2) is 0 Å². The van der Waals surface area contributed by atoms with Crippen LogP contribution >= 0.6 is 0 Å². The van der Waals surface area contributed by atoms with Gasteiger partial charge in [-0.3, -0.25) is 14.9 Å². The molecule has 0 aliphatic heterocycles. The van der Waals surface area contributed by atoms with Gasteiger partial charge in [-0.2, -0.15) is 0 Å². The molecule has 0 atom stereocenters. The molecule has 0 spiro atoms. The van der Waals surface area contributed by atoms with E-state index in [0.29, 0.717) is 0 Å². The normalized spacial score (nSPS) is 16.0. The summed E-state index contributed by atoms with van der Waals surface area (Å²) in [6.45, 7) is 0.188. The van der Waals surface area contributed by atoms with Crippen molar-refractivity contribution in [2.45, 2.75) is 38.7 Å². The van der Waals surface area contributed by atoms with Crippen LogP contribution in [0.2, 0.25) is 0 Å². The minimum absolute atomic E-state index is 0.0341. The van der Waals surface area contributed by atoms with E-state index in [9.17, 15) is 14.9 Å². The summed E-state index contributed by atoms with van der Waals surface area (Å²) >= 11 is 0. The van der Waals surface area contributed by atoms with Crippen molar-refractivity contribution in [1.29, 1.82) is 0 Å². The zero-order valence-corrected chi connectivity index (χ0v) is 10.7. The van der Waals surface area contributed by atoms with Crippen LogP contribution in [0.5, 0.6) is 0 Å². The topological polar surface area (TPSA) is 69.4 Å². The average molecular weight is 263 g/mol. The first-order valence-corrected chi connectivity index (χ1v) is 6.57. The van der Waals surface area contributed by atoms with Gasteiger partial charge in [0.1, 0.15) is 6.61 Å². The number of nitro benzene ring substituents is 1. The van der Waals surface area contributed by atoms with Gasteiger partial charge in [0.25, 0.3) is 5.69 Å². The Balaban J connectivity index is 1.84. The van der Waals surface area contributed by atoms with Crippen LogP contribution < -0.4 is 0 Å². The summed E-state index contributed by atoms with van der Waals surface area (Å²) in [5, 5.41) is 10.5. The third kappa shape index (κ3) is 3.77. The average Bonchev–Trinajstić information content (AvgIpc) is 2.46. The Morgan fingerprint density at radius 2 is 1.84 bits per heavy atom. The number of carbonyl (C=O) groups is 1. The van der Waals surface area contributed by atoms with Gasteiger partial charge in [-0.15, -0.1) is 0 Å². The molecule has 0 unspecified atom stereocenters. The fourth-order valence-corrected chi connectivity index (χ4v) is 2.32. The van der Waals surface area contributed by atoms with Gasteiger partial charge >= 0.3 is 5.97 Å². The lowest BCUT2D eigenvalue weighted by Crippen LogP contribution is -2.20. The second-order valence-electron chi connectivity index (χ2n) is 4.87. The molecule has 5 nitrogen and oxygen atoms in total. The number of nitrogens with zero attached hydrogens (tertiary/aromatic N) is 1. The molecule has 1 aromatic rings. The largest absolute Gasteiger partial charge is 0.461 e. The van der Waals surface area contributed by atoms with E-state index in [2.05, 4.69) is 0 Å². The molecule has 0 radical (unpaired) electrons. The molecule has 102 valence electrons. The molecular formula is C14H17NO4. The zero-order chi connectivity index (χ0) is 13.7. The summed E-state index contributed by atoms with van der Waals surface area (Å²) in [7, 11) is 0. The van der Waals surface area contributed by atoms with E-state index in [-0.39, 0.29) is 24.2 Å². The fraction of sp³-hybridized carbons (Fsp3) is 0.500. The Kier molecular flexibility index (Phi) is 4.49. The molecule has 0 heterocycles. The summed E-state index contributed by atoms with van der Waals surface area (Å²) in [4.78, 5) is 21.9. The summed E-state index contributed by atoms with van der Waals surface area (Å²) in [6, 6.07) is 6.08. The minimum Gasteiger partial charge on any atom is -0.461 e. The third-order valence-electron chi connectivity index (χ3n) is 3.47. The zero-order valence-electron chi connectivity index (χ0n) is 10.7. The van der Waals surface area contributed by atoms with Gasteiger partial charge in [-0.1, -0.05) is 19.3 Å². The second-order valence-corrected chi connectivity index (χ2v) is 4.87. The lowest BCUT2D eigenvalue weighted by molar-refractivity contribution is -0.384. The molecule has 19 heavy (non-hydrogen) atoms. The molecule has 0 saturated heterocycles. The highest BCUT2D eigenvalue weighted by molar-refractivity contribution is 5.72. The van der Waals surface area contributed by atoms with Crippen LogP contribution in [0.4, 0.5) is 5.69 Å². The Bertz CT molecular complexity index is 449. The van der Waals surface area contributed by atoms with E-state index >= 15 is 0 Å². The number of ether oxygens (including phenoxy) is 1. The van der Waals surface area contributed by atoms with E-state index in [1.54, 1.807) is 12.1 Å². The highest BCUT2D eigenvalue weighted by Gasteiger charge is 2.22. The van der Waals surface area contributed by atoms with Crippen molar-refractivity contribution in [2.75, 3.05) is 0 Å². The SMILES string of the molecule is O=C(OCc1ccc([N+](=O)[O-])cc1)C1CCCCC1. The molecule has 2 rings (SSSR count). The van der Waals surface area contributed by atoms with Crippen LogP contribution in [0.1, 0.15) is 37.7 Å². The van der Waals surface area contributed by atoms with Crippen LogP contribution in [0.15, 0.2) is 24.3 Å². The molecule has 1 saturated carbocycles. The maximum atomic E-state index is 11.8. The summed E-state index contributed by atoms with van der Waals surface area (Å²) < 4.78 is 5.26. The van der Waals surface area contributed by atoms with Gasteiger partial charge in [0.05, 0.1) is 10.8 Å². The lowest BCUT2D eigenvalue weighted by atomic mass is 9.89. The Morgan fingerprint density at radius 3 is 2.42 bits per heavy atom. The van der Waals surface area contributed by atoms with E-state index in [4.69, 9.17) is 4.74 Å². The van der Waals surface area contributed by atoms with Crippen LogP contribution in [0.3, 0.4) is 0 Å². The van der Waals surface area contributed by atoms with Crippen molar-refractivity contribution in [3.05, 3.63) is 39.9 Å². The number of hydrogen-bond donors (Lipinski definition) is 0. The van der Waals surface area contributed by atoms with Crippen LogP contribution in [-0.2, 0) is 16.1 Å². The number of non-ortho nitro benzene ring substituents is 1. The summed E-state index contributed by atoms with van der Waals surface area (Å²) in [5.74, 6) is -0.107. The quantitative estimate of drug-likeness (QED) is 0.475. The van der Waals surface area contributed by atoms with E-state index < -0.39 is 4.92 Å². The van der Waals surface area contributed by atoms with Gasteiger partial charge in [0.2, 0.25) is 0 Å². The number of carbonyl (C=O) groups excluding carboxylic acids is 1. The van der Waals surface area contributed by atoms with Crippen molar-refractivity contribution in [3.63, 3.8) is 0 Å². The van der Waals surface area contributed by atoms with Crippen LogP contribution in [-0.4, -0.2) is 10.9 Å². The summed E-state index contributed by atoms with van der Waals surface area (Å²) in [6.07, 6.45) is 5.22. The number of hydrogen-bond acceptors (Lipinski definition) is 4. The Labute approximate surface area is 111 Å². The predicted octanol–water partition coefficient (Wildman–Crippen LogP) is 3.22. The van der Waals surface area contributed by atoms with Gasteiger partial charge in [-0.05, 0) is 30.5 Å². The van der Waals surface area contributed by atoms with Crippen LogP contribution in [0, 0.1) is 16.0 Å². The Morgan fingerprint density at radius 1 is 1.21 bits per heavy atom. The van der Waals surface area contributed by atoms with Crippen molar-refractivity contribution < 1.29 is 14.5 Å². The van der Waals surface area contributed by atoms with Crippen molar-refractivity contribution >= 4 is 11.7 Å². The standard InChI is InChI=1S/C14H17NO4/c16-14(12-4-2-1-3-5-12)19-10-11-6-8-13(9-7-11)15(17)18/h6-9,12H,1-5,10H2. The fourth-order valence-electron chi connectivity index (χ4n) is 2.32. The van der Waals surface area contributed by atoms with E-state index in [0.717, 1.165) is 31.2 Å². The van der Waals surface area contributed by atoms with Crippen molar-refractivity contribution in [2.24, 2.45) is 5.92 Å². The molecule has 0 aromatic heterocycles.